The number of ether oxygens (including phenoxy) is 1. The van der Waals surface area contributed by atoms with Gasteiger partial charge in [0, 0.05) is 39.3 Å². The highest BCUT2D eigenvalue weighted by molar-refractivity contribution is 5.11. The van der Waals surface area contributed by atoms with E-state index < -0.39 is 0 Å². The van der Waals surface area contributed by atoms with Crippen molar-refractivity contribution in [3.63, 3.8) is 0 Å². The molecule has 0 aromatic rings. The summed E-state index contributed by atoms with van der Waals surface area (Å²) in [6, 6.07) is 0.380. The summed E-state index contributed by atoms with van der Waals surface area (Å²) < 4.78 is 5.96. The minimum Gasteiger partial charge on any atom is -0.391 e. The number of hydrogen-bond donors (Lipinski definition) is 2. The second-order valence-electron chi connectivity index (χ2n) is 11.4. The van der Waals surface area contributed by atoms with Crippen LogP contribution in [0.3, 0.4) is 0 Å². The van der Waals surface area contributed by atoms with Crippen LogP contribution < -0.4 is 5.32 Å². The number of nitrogens with zero attached hydrogens (tertiary/aromatic N) is 1. The van der Waals surface area contributed by atoms with Crippen molar-refractivity contribution in [2.24, 2.45) is 34.5 Å². The van der Waals surface area contributed by atoms with Gasteiger partial charge in [0.1, 0.15) is 0 Å². The maximum absolute atomic E-state index is 11.0. The number of hydrogen-bond acceptors (Lipinski definition) is 4. The number of aliphatic hydroxyl groups is 1. The number of fused-ring (bicyclic) bond motifs is 5. The molecule has 0 aromatic carbocycles. The van der Waals surface area contributed by atoms with E-state index in [1.54, 1.807) is 0 Å². The SMILES string of the molecule is CO[C@H]1CCC2C3CCC4C[C@H](O)[C@@H](N5CCNCC5)C[C@]4(C)C3CC[C@@]21C. The molecule has 0 aromatic heterocycles. The fourth-order valence-corrected chi connectivity index (χ4v) is 9.00. The molecule has 1 saturated heterocycles. The first kappa shape index (κ1) is 19.8. The van der Waals surface area contributed by atoms with Gasteiger partial charge in [-0.15, -0.1) is 0 Å². The van der Waals surface area contributed by atoms with Gasteiger partial charge >= 0.3 is 0 Å². The van der Waals surface area contributed by atoms with E-state index in [-0.39, 0.29) is 6.10 Å². The Bertz CT molecular complexity index is 579. The molecule has 4 aliphatic carbocycles. The predicted octanol–water partition coefficient (Wildman–Crippen LogP) is 3.29. The lowest BCUT2D eigenvalue weighted by Crippen LogP contribution is -2.61. The summed E-state index contributed by atoms with van der Waals surface area (Å²) in [6.45, 7) is 9.53. The summed E-state index contributed by atoms with van der Waals surface area (Å²) in [5.41, 5.74) is 0.829. The van der Waals surface area contributed by atoms with Crippen molar-refractivity contribution in [2.45, 2.75) is 83.5 Å². The van der Waals surface area contributed by atoms with Crippen LogP contribution in [0.2, 0.25) is 0 Å². The largest absolute Gasteiger partial charge is 0.391 e. The van der Waals surface area contributed by atoms with Gasteiger partial charge in [-0.3, -0.25) is 4.90 Å². The zero-order valence-electron chi connectivity index (χ0n) is 18.3. The van der Waals surface area contributed by atoms with Crippen LogP contribution in [0.15, 0.2) is 0 Å². The zero-order valence-corrected chi connectivity index (χ0v) is 18.3. The topological polar surface area (TPSA) is 44.7 Å². The maximum atomic E-state index is 11.0. The van der Waals surface area contributed by atoms with Gasteiger partial charge in [0.05, 0.1) is 12.2 Å². The molecule has 4 nitrogen and oxygen atoms in total. The molecule has 0 bridgehead atoms. The van der Waals surface area contributed by atoms with Crippen LogP contribution in [0.5, 0.6) is 0 Å². The number of methoxy groups -OCH3 is 1. The van der Waals surface area contributed by atoms with Crippen molar-refractivity contribution >= 4 is 0 Å². The van der Waals surface area contributed by atoms with E-state index in [0.717, 1.165) is 56.3 Å². The van der Waals surface area contributed by atoms with Crippen molar-refractivity contribution in [3.05, 3.63) is 0 Å². The van der Waals surface area contributed by atoms with E-state index in [1.807, 2.05) is 7.11 Å². The lowest BCUT2D eigenvalue weighted by Gasteiger charge is -2.62. The molecule has 5 fully saturated rings. The normalized spacial score (nSPS) is 54.6. The van der Waals surface area contributed by atoms with Gasteiger partial charge in [-0.2, -0.15) is 0 Å². The Labute approximate surface area is 171 Å². The fourth-order valence-electron chi connectivity index (χ4n) is 9.00. The van der Waals surface area contributed by atoms with Crippen LogP contribution in [0, 0.1) is 34.5 Å². The number of nitrogens with one attached hydrogen (secondary N) is 1. The molecule has 4 unspecified atom stereocenters. The van der Waals surface area contributed by atoms with Crippen LogP contribution in [0.4, 0.5) is 0 Å². The van der Waals surface area contributed by atoms with E-state index >= 15 is 0 Å². The molecule has 4 heteroatoms. The molecule has 1 aliphatic heterocycles. The summed E-state index contributed by atoms with van der Waals surface area (Å²) >= 11 is 0. The summed E-state index contributed by atoms with van der Waals surface area (Å²) in [5.74, 6) is 3.34. The van der Waals surface area contributed by atoms with E-state index in [0.29, 0.717) is 23.0 Å². The van der Waals surface area contributed by atoms with Gasteiger partial charge in [-0.05, 0) is 85.9 Å². The van der Waals surface area contributed by atoms with Gasteiger partial charge < -0.3 is 15.2 Å². The third-order valence-corrected chi connectivity index (χ3v) is 10.5. The smallest absolute Gasteiger partial charge is 0.0698 e. The van der Waals surface area contributed by atoms with E-state index in [1.165, 1.54) is 44.9 Å². The molecular weight excluding hydrogens is 348 g/mol. The molecule has 4 saturated carbocycles. The van der Waals surface area contributed by atoms with E-state index in [2.05, 4.69) is 24.1 Å². The Kier molecular flexibility index (Phi) is 5.10. The first-order chi connectivity index (χ1) is 13.5. The van der Waals surface area contributed by atoms with Crippen LogP contribution in [-0.2, 0) is 4.74 Å². The average Bonchev–Trinajstić information content (AvgIpc) is 3.05. The Morgan fingerprint density at radius 3 is 2.46 bits per heavy atom. The van der Waals surface area contributed by atoms with Crippen molar-refractivity contribution < 1.29 is 9.84 Å². The molecule has 1 heterocycles. The van der Waals surface area contributed by atoms with Crippen LogP contribution in [0.1, 0.15) is 65.2 Å². The minimum absolute atomic E-state index is 0.120. The average molecular weight is 391 g/mol. The number of piperazine rings is 1. The zero-order chi connectivity index (χ0) is 19.5. The highest BCUT2D eigenvalue weighted by Gasteiger charge is 2.61. The molecule has 5 aliphatic rings. The van der Waals surface area contributed by atoms with Gasteiger partial charge in [-0.25, -0.2) is 0 Å². The molecule has 28 heavy (non-hydrogen) atoms. The van der Waals surface area contributed by atoms with E-state index in [4.69, 9.17) is 4.74 Å². The molecule has 160 valence electrons. The lowest BCUT2D eigenvalue weighted by atomic mass is 9.44. The first-order valence-electron chi connectivity index (χ1n) is 12.1. The second kappa shape index (κ2) is 7.21. The Balaban J connectivity index is 1.39. The maximum Gasteiger partial charge on any atom is 0.0698 e. The van der Waals surface area contributed by atoms with Gasteiger partial charge in [-0.1, -0.05) is 13.8 Å². The van der Waals surface area contributed by atoms with Crippen LogP contribution in [0.25, 0.3) is 0 Å². The molecule has 0 spiro atoms. The van der Waals surface area contributed by atoms with Crippen molar-refractivity contribution in [2.75, 3.05) is 33.3 Å². The molecule has 5 rings (SSSR count). The first-order valence-corrected chi connectivity index (χ1v) is 12.1. The Morgan fingerprint density at radius 2 is 1.71 bits per heavy atom. The van der Waals surface area contributed by atoms with E-state index in [9.17, 15) is 5.11 Å². The summed E-state index contributed by atoms with van der Waals surface area (Å²) in [7, 11) is 1.93. The van der Waals surface area contributed by atoms with Crippen molar-refractivity contribution in [3.8, 4) is 0 Å². The standard InChI is InChI=1S/C24H42N2O2/c1-23-9-8-19-17(18(23)6-7-22(23)28-3)5-4-16-14-21(27)20(15-24(16,19)2)26-12-10-25-11-13-26/h16-22,25,27H,4-15H2,1-3H3/t16?,17?,18?,19?,20-,21-,22-,23-,24-/m0/s1. The highest BCUT2D eigenvalue weighted by Crippen LogP contribution is 2.66. The monoisotopic (exact) mass is 390 g/mol. The predicted molar refractivity (Wildman–Crippen MR) is 112 cm³/mol. The lowest BCUT2D eigenvalue weighted by molar-refractivity contribution is -0.155. The fraction of sp³-hybridized carbons (Fsp3) is 1.00. The van der Waals surface area contributed by atoms with Gasteiger partial charge in [0.2, 0.25) is 0 Å². The number of aliphatic hydroxyl groups excluding tert-OH is 1. The van der Waals surface area contributed by atoms with Crippen LogP contribution in [-0.4, -0.2) is 61.5 Å². The summed E-state index contributed by atoms with van der Waals surface area (Å²) in [4.78, 5) is 2.61. The Morgan fingerprint density at radius 1 is 0.964 bits per heavy atom. The molecule has 9 atom stereocenters. The molecule has 2 N–H and O–H groups in total. The Hall–Kier alpha value is -0.160. The highest BCUT2D eigenvalue weighted by atomic mass is 16.5. The summed E-state index contributed by atoms with van der Waals surface area (Å²) in [5, 5.41) is 14.5. The molecule has 0 radical (unpaired) electrons. The second-order valence-corrected chi connectivity index (χ2v) is 11.4. The van der Waals surface area contributed by atoms with Crippen molar-refractivity contribution in [1.29, 1.82) is 0 Å². The van der Waals surface area contributed by atoms with Crippen LogP contribution >= 0.6 is 0 Å². The quantitative estimate of drug-likeness (QED) is 0.759. The van der Waals surface area contributed by atoms with Crippen molar-refractivity contribution in [1.82, 2.24) is 10.2 Å². The number of rotatable bonds is 2. The molecule has 0 amide bonds. The van der Waals surface area contributed by atoms with Gasteiger partial charge in [0.25, 0.3) is 0 Å². The third kappa shape index (κ3) is 2.85. The minimum atomic E-state index is -0.120. The summed E-state index contributed by atoms with van der Waals surface area (Å²) in [6.07, 6.45) is 10.7. The molecular formula is C24H42N2O2. The third-order valence-electron chi connectivity index (χ3n) is 10.5. The van der Waals surface area contributed by atoms with Gasteiger partial charge in [0.15, 0.2) is 0 Å².